The van der Waals surface area contributed by atoms with Gasteiger partial charge in [-0.2, -0.15) is 0 Å². The maximum atomic E-state index is 11.9. The Bertz CT molecular complexity index is 1860. The Morgan fingerprint density at radius 2 is 1.15 bits per heavy atom. The highest BCUT2D eigenvalue weighted by Crippen LogP contribution is 2.71. The number of aliphatic hydroxyl groups excluding tert-OH is 13. The van der Waals surface area contributed by atoms with Gasteiger partial charge >= 0.3 is 0 Å². The molecule has 10 aliphatic rings. The second-order valence-corrected chi connectivity index (χ2v) is 24.0. The van der Waals surface area contributed by atoms with Crippen LogP contribution in [0.1, 0.15) is 85.5 Å². The van der Waals surface area contributed by atoms with Crippen LogP contribution in [0.4, 0.5) is 0 Å². The van der Waals surface area contributed by atoms with Crippen molar-refractivity contribution >= 4 is 0 Å². The molecule has 0 bridgehead atoms. The first-order chi connectivity index (χ1) is 34.7. The summed E-state index contributed by atoms with van der Waals surface area (Å²) in [7, 11) is 0. The molecule has 6 saturated heterocycles. The first-order valence-electron chi connectivity index (χ1n) is 26.8. The van der Waals surface area contributed by atoms with Crippen LogP contribution in [0.25, 0.3) is 0 Å². The van der Waals surface area contributed by atoms with Gasteiger partial charge in [-0.05, 0) is 97.7 Å². The predicted molar refractivity (Wildman–Crippen MR) is 244 cm³/mol. The van der Waals surface area contributed by atoms with Crippen LogP contribution in [0.3, 0.4) is 0 Å². The summed E-state index contributed by atoms with van der Waals surface area (Å²) >= 11 is 0. The van der Waals surface area contributed by atoms with Gasteiger partial charge in [-0.3, -0.25) is 0 Å². The van der Waals surface area contributed by atoms with Crippen LogP contribution in [-0.2, 0) is 47.4 Å². The topological polar surface area (TPSA) is 355 Å². The smallest absolute Gasteiger partial charge is 0.187 e. The van der Waals surface area contributed by atoms with E-state index in [-0.39, 0.29) is 22.9 Å². The Morgan fingerprint density at radius 1 is 0.521 bits per heavy atom. The summed E-state index contributed by atoms with van der Waals surface area (Å²) < 4.78 is 60.2. The van der Waals surface area contributed by atoms with Crippen LogP contribution in [0, 0.1) is 52.3 Å². The lowest BCUT2D eigenvalue weighted by atomic mass is 9.44. The van der Waals surface area contributed by atoms with E-state index in [4.69, 9.17) is 47.4 Å². The van der Waals surface area contributed by atoms with Crippen molar-refractivity contribution in [3.05, 3.63) is 0 Å². The summed E-state index contributed by atoms with van der Waals surface area (Å²) in [5, 5.41) is 141. The maximum Gasteiger partial charge on any atom is 0.187 e. The Labute approximate surface area is 424 Å². The lowest BCUT2D eigenvalue weighted by Crippen LogP contribution is -2.67. The molecule has 0 aromatic heterocycles. The van der Waals surface area contributed by atoms with E-state index in [1.165, 1.54) is 0 Å². The fourth-order valence-electron chi connectivity index (χ4n) is 15.9. The highest BCUT2D eigenvalue weighted by atomic mass is 16.8. The standard InChI is InChI=1S/C50H82O23/c1-19-7-10-50(65-17-19)20(2)32-28(73-50)12-24-22-6-5-21-11-27(25(54)13-49(21,4)23(22)8-9-48(24,32)3)66-44-39(62)37(60)41(31(16-53)69-44)70-46-40(63)42(35(58)30(15-52)68-46)71-47-43(33(56)26(55)18-64-47)72-45-38(61)36(59)34(57)29(14-51)67-45/h19-47,51-63H,5-18H2,1-4H3. The molecule has 23 nitrogen and oxygen atoms in total. The summed E-state index contributed by atoms with van der Waals surface area (Å²) in [4.78, 5) is 0. The minimum atomic E-state index is -2.01. The average Bonchev–Trinajstić information content (AvgIpc) is 3.82. The lowest BCUT2D eigenvalue weighted by molar-refractivity contribution is -0.390. The van der Waals surface area contributed by atoms with Crippen molar-refractivity contribution in [1.82, 2.24) is 0 Å². The van der Waals surface area contributed by atoms with E-state index in [0.717, 1.165) is 51.6 Å². The zero-order chi connectivity index (χ0) is 52.2. The molecule has 4 saturated carbocycles. The summed E-state index contributed by atoms with van der Waals surface area (Å²) in [6.45, 7) is 7.14. The second-order valence-electron chi connectivity index (χ2n) is 24.0. The van der Waals surface area contributed by atoms with Crippen LogP contribution in [-0.4, -0.2) is 240 Å². The van der Waals surface area contributed by atoms with Crippen molar-refractivity contribution in [2.45, 2.75) is 226 Å². The van der Waals surface area contributed by atoms with Crippen molar-refractivity contribution < 1.29 is 114 Å². The van der Waals surface area contributed by atoms with E-state index in [9.17, 15) is 66.4 Å². The van der Waals surface area contributed by atoms with Gasteiger partial charge in [0.1, 0.15) is 91.6 Å². The molecule has 32 unspecified atom stereocenters. The fraction of sp³-hybridized carbons (Fsp3) is 1.00. The van der Waals surface area contributed by atoms with Crippen molar-refractivity contribution in [3.63, 3.8) is 0 Å². The van der Waals surface area contributed by atoms with Gasteiger partial charge in [0.15, 0.2) is 30.9 Å². The Balaban J connectivity index is 0.774. The molecule has 0 amide bonds. The number of hydrogen-bond acceptors (Lipinski definition) is 23. The van der Waals surface area contributed by atoms with Crippen molar-refractivity contribution in [2.75, 3.05) is 33.0 Å². The maximum absolute atomic E-state index is 11.9. The van der Waals surface area contributed by atoms with Crippen LogP contribution in [0.15, 0.2) is 0 Å². The third kappa shape index (κ3) is 9.49. The summed E-state index contributed by atoms with van der Waals surface area (Å²) in [5.41, 5.74) is -0.0241. The van der Waals surface area contributed by atoms with Gasteiger partial charge in [0.05, 0.1) is 51.3 Å². The Kier molecular flexibility index (Phi) is 16.1. The molecule has 1 spiro atoms. The van der Waals surface area contributed by atoms with Crippen molar-refractivity contribution in [3.8, 4) is 0 Å². The predicted octanol–water partition coefficient (Wildman–Crippen LogP) is -3.30. The number of rotatable bonds is 11. The number of hydrogen-bond donors (Lipinski definition) is 13. The molecule has 0 aromatic carbocycles. The first kappa shape index (κ1) is 55.4. The quantitative estimate of drug-likeness (QED) is 0.0902. The summed E-state index contributed by atoms with van der Waals surface area (Å²) in [6.07, 6.45) is -26.4. The first-order valence-corrected chi connectivity index (χ1v) is 26.8. The number of aliphatic hydroxyl groups is 13. The third-order valence-electron chi connectivity index (χ3n) is 20.0. The molecule has 0 radical (unpaired) electrons. The Morgan fingerprint density at radius 3 is 1.84 bits per heavy atom. The normalized spacial score (nSPS) is 58.2. The molecular weight excluding hydrogens is 969 g/mol. The molecule has 0 aromatic rings. The van der Waals surface area contributed by atoms with Gasteiger partial charge in [0, 0.05) is 12.3 Å². The minimum absolute atomic E-state index is 0.142. The molecule has 23 heteroatoms. The third-order valence-corrected chi connectivity index (χ3v) is 20.0. The molecule has 420 valence electrons. The largest absolute Gasteiger partial charge is 0.394 e. The molecule has 73 heavy (non-hydrogen) atoms. The molecule has 6 heterocycles. The van der Waals surface area contributed by atoms with Gasteiger partial charge in [0.2, 0.25) is 0 Å². The molecule has 6 aliphatic heterocycles. The van der Waals surface area contributed by atoms with Crippen molar-refractivity contribution in [2.24, 2.45) is 52.3 Å². The van der Waals surface area contributed by atoms with Crippen LogP contribution in [0.5, 0.6) is 0 Å². The minimum Gasteiger partial charge on any atom is -0.394 e. The summed E-state index contributed by atoms with van der Waals surface area (Å²) in [6, 6.07) is 0. The highest BCUT2D eigenvalue weighted by Gasteiger charge is 2.70. The molecule has 4 aliphatic carbocycles. The van der Waals surface area contributed by atoms with E-state index in [1.54, 1.807) is 0 Å². The zero-order valence-electron chi connectivity index (χ0n) is 42.0. The van der Waals surface area contributed by atoms with Crippen LogP contribution in [0.2, 0.25) is 0 Å². The second kappa shape index (κ2) is 21.3. The highest BCUT2D eigenvalue weighted by molar-refractivity contribution is 5.16. The Hall–Kier alpha value is -0.920. The SMILES string of the molecule is CC1CCC2(OC1)OC1CC3C4CCC5CC(OC6OC(CO)C(OC7OC(CO)C(O)C(OC8OCC(O)C(O)C8OC8OC(CO)C(O)C(O)C8O)C7O)C(O)C6O)C(O)CC5(C)C4CCC3(C)C1C2C. The summed E-state index contributed by atoms with van der Waals surface area (Å²) in [5.74, 6) is 2.44. The average molecular weight is 1050 g/mol. The van der Waals surface area contributed by atoms with Crippen LogP contribution < -0.4 is 0 Å². The zero-order valence-corrected chi connectivity index (χ0v) is 42.0. The van der Waals surface area contributed by atoms with Gasteiger partial charge in [-0.25, -0.2) is 0 Å². The van der Waals surface area contributed by atoms with E-state index < -0.39 is 161 Å². The van der Waals surface area contributed by atoms with E-state index in [1.807, 2.05) is 0 Å². The van der Waals surface area contributed by atoms with Crippen LogP contribution >= 0.6 is 0 Å². The molecule has 10 rings (SSSR count). The van der Waals surface area contributed by atoms with E-state index >= 15 is 0 Å². The van der Waals surface area contributed by atoms with Gasteiger partial charge in [-0.15, -0.1) is 0 Å². The lowest BCUT2D eigenvalue weighted by Gasteiger charge is -2.62. The molecule has 10 fully saturated rings. The monoisotopic (exact) mass is 1050 g/mol. The number of ether oxygens (including phenoxy) is 10. The molecular formula is C50H82O23. The molecule has 32 atom stereocenters. The van der Waals surface area contributed by atoms with Gasteiger partial charge in [0.25, 0.3) is 0 Å². The van der Waals surface area contributed by atoms with E-state index in [0.29, 0.717) is 48.3 Å². The van der Waals surface area contributed by atoms with Gasteiger partial charge in [-0.1, -0.05) is 27.7 Å². The van der Waals surface area contributed by atoms with E-state index in [2.05, 4.69) is 27.7 Å². The fourth-order valence-corrected chi connectivity index (χ4v) is 15.9. The number of fused-ring (bicyclic) bond motifs is 7. The van der Waals surface area contributed by atoms with Crippen molar-refractivity contribution in [1.29, 1.82) is 0 Å². The molecule has 13 N–H and O–H groups in total. The van der Waals surface area contributed by atoms with Gasteiger partial charge < -0.3 is 114 Å².